The minimum atomic E-state index is -4.64. The molecule has 0 radical (unpaired) electrons. The van der Waals surface area contributed by atoms with E-state index in [2.05, 4.69) is 30.9 Å². The molecule has 1 aliphatic heterocycles. The number of amides is 2. The molecule has 2 unspecified atom stereocenters. The van der Waals surface area contributed by atoms with Crippen molar-refractivity contribution in [3.8, 4) is 5.75 Å². The van der Waals surface area contributed by atoms with Gasteiger partial charge in [0.15, 0.2) is 5.82 Å². The molecular formula is C31H33BrF3N5O6. The Hall–Kier alpha value is -3.98. The Kier molecular flexibility index (Phi) is 8.94. The lowest BCUT2D eigenvalue weighted by molar-refractivity contribution is -0.139. The minimum Gasteiger partial charge on any atom is -0.490 e. The molecule has 246 valence electrons. The Balaban J connectivity index is 1.37. The lowest BCUT2D eigenvalue weighted by Gasteiger charge is -2.28. The molecule has 11 nitrogen and oxygen atoms in total. The molecule has 0 N–H and O–H groups in total. The van der Waals surface area contributed by atoms with E-state index in [1.165, 1.54) is 18.6 Å². The van der Waals surface area contributed by atoms with E-state index >= 15 is 0 Å². The number of halogens is 4. The fourth-order valence-corrected chi connectivity index (χ4v) is 5.25. The molecule has 3 aromatic heterocycles. The Morgan fingerprint density at radius 3 is 2.30 bits per heavy atom. The maximum Gasteiger partial charge on any atom is 0.425 e. The third kappa shape index (κ3) is 7.52. The van der Waals surface area contributed by atoms with Crippen LogP contribution >= 0.6 is 15.9 Å². The van der Waals surface area contributed by atoms with Crippen LogP contribution in [0.4, 0.5) is 28.6 Å². The predicted molar refractivity (Wildman–Crippen MR) is 166 cm³/mol. The number of ether oxygens (including phenoxy) is 4. The smallest absolute Gasteiger partial charge is 0.425 e. The quantitative estimate of drug-likeness (QED) is 0.202. The molecule has 46 heavy (non-hydrogen) atoms. The first-order valence-electron chi connectivity index (χ1n) is 14.4. The van der Waals surface area contributed by atoms with Crippen LogP contribution in [0.25, 0.3) is 21.9 Å². The number of carbonyl (C=O) groups excluding carboxylic acids is 2. The Bertz CT molecular complexity index is 1750. The summed E-state index contributed by atoms with van der Waals surface area (Å²) < 4.78 is 66.8. The molecule has 1 fully saturated rings. The molecule has 0 saturated carbocycles. The maximum atomic E-state index is 13.9. The van der Waals surface area contributed by atoms with E-state index < -0.39 is 47.5 Å². The Morgan fingerprint density at radius 2 is 1.67 bits per heavy atom. The van der Waals surface area contributed by atoms with Gasteiger partial charge in [0.25, 0.3) is 0 Å². The molecule has 1 aromatic carbocycles. The van der Waals surface area contributed by atoms with Gasteiger partial charge in [-0.1, -0.05) is 0 Å². The van der Waals surface area contributed by atoms with Gasteiger partial charge in [-0.05, 0) is 88.5 Å². The molecule has 0 spiro atoms. The average molecular weight is 709 g/mol. The van der Waals surface area contributed by atoms with Crippen molar-refractivity contribution < 1.29 is 41.7 Å². The van der Waals surface area contributed by atoms with Gasteiger partial charge in [0.05, 0.1) is 22.6 Å². The molecule has 0 bridgehead atoms. The fraction of sp³-hybridized carbons (Fsp3) is 0.452. The number of nitrogens with zero attached hydrogens (tertiary/aromatic N) is 5. The molecule has 2 atom stereocenters. The molecule has 4 aromatic rings. The van der Waals surface area contributed by atoms with Crippen molar-refractivity contribution >= 4 is 55.9 Å². The fourth-order valence-electron chi connectivity index (χ4n) is 4.90. The normalized spacial score (nSPS) is 17.3. The van der Waals surface area contributed by atoms with Crippen molar-refractivity contribution in [3.63, 3.8) is 0 Å². The van der Waals surface area contributed by atoms with Crippen molar-refractivity contribution in [1.29, 1.82) is 0 Å². The van der Waals surface area contributed by atoms with Crippen molar-refractivity contribution in [1.82, 2.24) is 19.5 Å². The molecular weight excluding hydrogens is 675 g/mol. The highest BCUT2D eigenvalue weighted by Gasteiger charge is 2.37. The maximum absolute atomic E-state index is 13.9. The number of benzene rings is 1. The second-order valence-electron chi connectivity index (χ2n) is 12.7. The summed E-state index contributed by atoms with van der Waals surface area (Å²) in [5, 5.41) is 0.677. The minimum absolute atomic E-state index is 0.0400. The summed E-state index contributed by atoms with van der Waals surface area (Å²) in [5.41, 5.74) is -2.01. The lowest BCUT2D eigenvalue weighted by Crippen LogP contribution is -2.44. The van der Waals surface area contributed by atoms with E-state index in [-0.39, 0.29) is 18.2 Å². The zero-order chi connectivity index (χ0) is 33.6. The number of fused-ring (bicyclic) bond motifs is 2. The number of rotatable bonds is 5. The topological polar surface area (TPSA) is 118 Å². The lowest BCUT2D eigenvalue weighted by atomic mass is 10.1. The van der Waals surface area contributed by atoms with Crippen molar-refractivity contribution in [2.24, 2.45) is 0 Å². The number of pyridine rings is 1. The highest BCUT2D eigenvalue weighted by molar-refractivity contribution is 9.10. The number of anilines is 1. The van der Waals surface area contributed by atoms with E-state index in [0.29, 0.717) is 39.3 Å². The largest absolute Gasteiger partial charge is 0.490 e. The third-order valence-corrected chi connectivity index (χ3v) is 7.16. The second-order valence-corrected chi connectivity index (χ2v) is 13.7. The molecule has 2 amide bonds. The van der Waals surface area contributed by atoms with Gasteiger partial charge in [-0.15, -0.1) is 0 Å². The van der Waals surface area contributed by atoms with Crippen molar-refractivity contribution in [2.45, 2.75) is 84.1 Å². The van der Waals surface area contributed by atoms with Crippen LogP contribution in [-0.2, 0) is 20.4 Å². The van der Waals surface area contributed by atoms with E-state index in [1.807, 2.05) is 0 Å². The summed E-state index contributed by atoms with van der Waals surface area (Å²) >= 11 is 3.24. The van der Waals surface area contributed by atoms with Crippen LogP contribution in [-0.4, -0.2) is 55.6 Å². The molecule has 4 heterocycles. The van der Waals surface area contributed by atoms with Crippen molar-refractivity contribution in [3.05, 3.63) is 53.0 Å². The summed E-state index contributed by atoms with van der Waals surface area (Å²) in [6, 6.07) is 5.48. The second kappa shape index (κ2) is 12.3. The monoisotopic (exact) mass is 707 g/mol. The van der Waals surface area contributed by atoms with Crippen LogP contribution in [0.5, 0.6) is 5.75 Å². The first-order chi connectivity index (χ1) is 21.4. The first-order valence-corrected chi connectivity index (χ1v) is 15.2. The summed E-state index contributed by atoms with van der Waals surface area (Å²) in [6.07, 6.45) is -2.30. The Morgan fingerprint density at radius 1 is 1.00 bits per heavy atom. The highest BCUT2D eigenvalue weighted by Crippen LogP contribution is 2.40. The number of carbonyl (C=O) groups is 2. The van der Waals surface area contributed by atoms with Gasteiger partial charge in [0.1, 0.15) is 41.8 Å². The zero-order valence-electron chi connectivity index (χ0n) is 26.0. The number of hydrogen-bond donors (Lipinski definition) is 0. The van der Waals surface area contributed by atoms with Gasteiger partial charge in [-0.3, -0.25) is 4.98 Å². The first kappa shape index (κ1) is 33.4. The number of alkyl halides is 3. The molecule has 0 aliphatic carbocycles. The molecule has 1 aliphatic rings. The molecule has 5 rings (SSSR count). The molecule has 1 saturated heterocycles. The van der Waals surface area contributed by atoms with Gasteiger partial charge in [-0.2, -0.15) is 18.1 Å². The van der Waals surface area contributed by atoms with Gasteiger partial charge < -0.3 is 23.5 Å². The summed E-state index contributed by atoms with van der Waals surface area (Å²) in [5.74, 6) is -0.378. The van der Waals surface area contributed by atoms with E-state index in [1.54, 1.807) is 64.4 Å². The van der Waals surface area contributed by atoms with Crippen molar-refractivity contribution in [2.75, 3.05) is 11.5 Å². The van der Waals surface area contributed by atoms with Gasteiger partial charge in [0, 0.05) is 28.3 Å². The summed E-state index contributed by atoms with van der Waals surface area (Å²) in [4.78, 5) is 39.9. The van der Waals surface area contributed by atoms with E-state index in [4.69, 9.17) is 18.9 Å². The van der Waals surface area contributed by atoms with Gasteiger partial charge >= 0.3 is 18.4 Å². The Labute approximate surface area is 271 Å². The van der Waals surface area contributed by atoms with Gasteiger partial charge in [0.2, 0.25) is 0 Å². The van der Waals surface area contributed by atoms with Gasteiger partial charge in [-0.25, -0.2) is 19.6 Å². The third-order valence-electron chi connectivity index (χ3n) is 6.73. The van der Waals surface area contributed by atoms with Crippen LogP contribution in [0.15, 0.2) is 47.5 Å². The van der Waals surface area contributed by atoms with Crippen LogP contribution in [0, 0.1) is 0 Å². The summed E-state index contributed by atoms with van der Waals surface area (Å²) in [6.45, 7) is 9.88. The molecule has 15 heteroatoms. The summed E-state index contributed by atoms with van der Waals surface area (Å²) in [7, 11) is 0. The van der Waals surface area contributed by atoms with Crippen LogP contribution in [0.3, 0.4) is 0 Å². The van der Waals surface area contributed by atoms with Crippen LogP contribution < -0.4 is 9.64 Å². The SMILES string of the molecule is CC(C)(C)OC(=O)N(C(=O)OC(C)(C)C)c1ncnc2c1ccn2C1CCC(COc2cc3ncc(Br)cc3cc2C(F)(F)F)O1. The van der Waals surface area contributed by atoms with E-state index in [9.17, 15) is 22.8 Å². The standard InChI is InChI=1S/C31H33BrF3N5O6/c1-29(2,3)45-27(41)40(28(42)46-30(4,5)6)26-20-9-10-39(25(20)37-16-38-26)24-8-7-19(44-24)15-43-23-13-22-17(11-18(32)14-36-22)12-21(23)31(33,34)35/h9-14,16,19,24H,7-8,15H2,1-6H3. The predicted octanol–water partition coefficient (Wildman–Crippen LogP) is 8.19. The number of aromatic nitrogens is 4. The van der Waals surface area contributed by atoms with E-state index in [0.717, 1.165) is 11.0 Å². The zero-order valence-corrected chi connectivity index (χ0v) is 27.6. The van der Waals surface area contributed by atoms with Crippen LogP contribution in [0.2, 0.25) is 0 Å². The number of imide groups is 1. The highest BCUT2D eigenvalue weighted by atomic mass is 79.9. The average Bonchev–Trinajstić information content (AvgIpc) is 3.56. The van der Waals surface area contributed by atoms with Crippen LogP contribution in [0.1, 0.15) is 66.2 Å². The number of hydrogen-bond acceptors (Lipinski definition) is 9.